The molecule has 0 amide bonds. The van der Waals surface area contributed by atoms with Gasteiger partial charge in [0.1, 0.15) is 11.2 Å². The summed E-state index contributed by atoms with van der Waals surface area (Å²) in [6.07, 6.45) is 0. The standard InChI is InChI=1S/C43H25N3O/c1-2-12-27(13-3-1)41-44-42(46-43(45-41)35-23-11-25-37-40(35)33-18-6-7-24-36(33)47-37)32-17-5-4-16-28(32)29-20-10-21-31-30-19-8-14-26-15-9-22-34(38(26)30)39(29)31/h1-25H. The molecule has 218 valence electrons. The molecule has 10 rings (SSSR count). The highest BCUT2D eigenvalue weighted by Crippen LogP contribution is 2.51. The third-order valence-corrected chi connectivity index (χ3v) is 9.30. The molecule has 0 radical (unpaired) electrons. The van der Waals surface area contributed by atoms with E-state index in [1.165, 1.54) is 33.0 Å². The van der Waals surface area contributed by atoms with Gasteiger partial charge in [0, 0.05) is 27.5 Å². The quantitative estimate of drug-likeness (QED) is 0.202. The zero-order valence-corrected chi connectivity index (χ0v) is 25.2. The van der Waals surface area contributed by atoms with Crippen molar-refractivity contribution in [3.05, 3.63) is 152 Å². The van der Waals surface area contributed by atoms with Crippen LogP contribution >= 0.6 is 0 Å². The van der Waals surface area contributed by atoms with Gasteiger partial charge in [0.05, 0.1) is 0 Å². The molecule has 0 N–H and O–H groups in total. The SMILES string of the molecule is c1ccc(-c2nc(-c3ccccc3-c3cccc4c3-c3cccc5cccc-4c35)nc(-c3cccc4oc5ccccc5c34)n2)cc1. The number of nitrogens with zero attached hydrogens (tertiary/aromatic N) is 3. The van der Waals surface area contributed by atoms with Gasteiger partial charge in [0.25, 0.3) is 0 Å². The number of benzene rings is 7. The van der Waals surface area contributed by atoms with Crippen LogP contribution < -0.4 is 0 Å². The highest BCUT2D eigenvalue weighted by atomic mass is 16.3. The van der Waals surface area contributed by atoms with Crippen LogP contribution in [0.3, 0.4) is 0 Å². The fraction of sp³-hybridized carbons (Fsp3) is 0. The van der Waals surface area contributed by atoms with Crippen LogP contribution in [0.25, 0.3) is 100 Å². The molecule has 9 aromatic rings. The summed E-state index contributed by atoms with van der Waals surface area (Å²) in [6, 6.07) is 52.6. The Morgan fingerprint density at radius 3 is 1.74 bits per heavy atom. The van der Waals surface area contributed by atoms with E-state index in [4.69, 9.17) is 19.4 Å². The molecule has 2 aromatic heterocycles. The summed E-state index contributed by atoms with van der Waals surface area (Å²) < 4.78 is 6.24. The van der Waals surface area contributed by atoms with Crippen molar-refractivity contribution >= 4 is 32.7 Å². The maximum absolute atomic E-state index is 6.24. The molecule has 1 aliphatic carbocycles. The van der Waals surface area contributed by atoms with E-state index in [1.54, 1.807) is 0 Å². The molecule has 0 bridgehead atoms. The van der Waals surface area contributed by atoms with E-state index in [0.717, 1.165) is 49.8 Å². The van der Waals surface area contributed by atoms with Gasteiger partial charge in [-0.1, -0.05) is 140 Å². The lowest BCUT2D eigenvalue weighted by molar-refractivity contribution is 0.669. The molecule has 0 aliphatic heterocycles. The first-order chi connectivity index (χ1) is 23.3. The Morgan fingerprint density at radius 1 is 0.340 bits per heavy atom. The zero-order chi connectivity index (χ0) is 30.9. The highest BCUT2D eigenvalue weighted by Gasteiger charge is 2.26. The molecule has 0 unspecified atom stereocenters. The van der Waals surface area contributed by atoms with E-state index >= 15 is 0 Å². The number of para-hydroxylation sites is 1. The van der Waals surface area contributed by atoms with Gasteiger partial charge in [-0.15, -0.1) is 0 Å². The van der Waals surface area contributed by atoms with Gasteiger partial charge in [0.15, 0.2) is 17.5 Å². The van der Waals surface area contributed by atoms with Crippen LogP contribution in [0, 0.1) is 0 Å². The molecule has 1 aliphatic rings. The first-order valence-electron chi connectivity index (χ1n) is 15.8. The number of furan rings is 1. The monoisotopic (exact) mass is 599 g/mol. The topological polar surface area (TPSA) is 51.8 Å². The minimum Gasteiger partial charge on any atom is -0.456 e. The molecule has 47 heavy (non-hydrogen) atoms. The Hall–Kier alpha value is -6.39. The van der Waals surface area contributed by atoms with Crippen LogP contribution in [0.4, 0.5) is 0 Å². The number of hydrogen-bond donors (Lipinski definition) is 0. The molecule has 0 atom stereocenters. The molecule has 0 saturated carbocycles. The second-order valence-electron chi connectivity index (χ2n) is 11.9. The van der Waals surface area contributed by atoms with Crippen LogP contribution in [0.2, 0.25) is 0 Å². The van der Waals surface area contributed by atoms with Gasteiger partial charge in [-0.3, -0.25) is 0 Å². The minimum atomic E-state index is 0.608. The molecule has 0 saturated heterocycles. The van der Waals surface area contributed by atoms with E-state index in [9.17, 15) is 0 Å². The van der Waals surface area contributed by atoms with E-state index in [2.05, 4.69) is 91.0 Å². The summed E-state index contributed by atoms with van der Waals surface area (Å²) in [5, 5.41) is 4.60. The van der Waals surface area contributed by atoms with Crippen LogP contribution in [0.5, 0.6) is 0 Å². The van der Waals surface area contributed by atoms with E-state index < -0.39 is 0 Å². The van der Waals surface area contributed by atoms with Gasteiger partial charge < -0.3 is 4.42 Å². The van der Waals surface area contributed by atoms with E-state index in [-0.39, 0.29) is 0 Å². The summed E-state index contributed by atoms with van der Waals surface area (Å²) in [5.74, 6) is 1.86. The van der Waals surface area contributed by atoms with Gasteiger partial charge >= 0.3 is 0 Å². The van der Waals surface area contributed by atoms with Gasteiger partial charge in [0.2, 0.25) is 0 Å². The van der Waals surface area contributed by atoms with Crippen molar-refractivity contribution in [3.63, 3.8) is 0 Å². The number of fused-ring (bicyclic) bond motifs is 6. The lowest BCUT2D eigenvalue weighted by Gasteiger charge is -2.15. The predicted molar refractivity (Wildman–Crippen MR) is 191 cm³/mol. The third-order valence-electron chi connectivity index (χ3n) is 9.30. The zero-order valence-electron chi connectivity index (χ0n) is 25.2. The van der Waals surface area contributed by atoms with Gasteiger partial charge in [-0.2, -0.15) is 0 Å². The number of hydrogen-bond acceptors (Lipinski definition) is 4. The maximum atomic E-state index is 6.24. The Morgan fingerprint density at radius 2 is 0.894 bits per heavy atom. The van der Waals surface area contributed by atoms with Crippen LogP contribution in [0.1, 0.15) is 0 Å². The van der Waals surface area contributed by atoms with Crippen LogP contribution in [-0.4, -0.2) is 15.0 Å². The van der Waals surface area contributed by atoms with Crippen LogP contribution in [0.15, 0.2) is 156 Å². The largest absolute Gasteiger partial charge is 0.456 e. The summed E-state index contributed by atoms with van der Waals surface area (Å²) in [4.78, 5) is 15.5. The van der Waals surface area contributed by atoms with Gasteiger partial charge in [-0.25, -0.2) is 15.0 Å². The minimum absolute atomic E-state index is 0.608. The van der Waals surface area contributed by atoms with E-state index in [1.807, 2.05) is 60.7 Å². The smallest absolute Gasteiger partial charge is 0.164 e. The predicted octanol–water partition coefficient (Wildman–Crippen LogP) is 11.2. The normalized spacial score (nSPS) is 11.8. The summed E-state index contributed by atoms with van der Waals surface area (Å²) >= 11 is 0. The number of rotatable bonds is 4. The maximum Gasteiger partial charge on any atom is 0.164 e. The van der Waals surface area contributed by atoms with Crippen molar-refractivity contribution in [2.45, 2.75) is 0 Å². The summed E-state index contributed by atoms with van der Waals surface area (Å²) in [5.41, 5.74) is 11.7. The highest BCUT2D eigenvalue weighted by molar-refractivity contribution is 6.18. The fourth-order valence-electron chi connectivity index (χ4n) is 7.27. The summed E-state index contributed by atoms with van der Waals surface area (Å²) in [7, 11) is 0. The van der Waals surface area contributed by atoms with Crippen molar-refractivity contribution < 1.29 is 4.42 Å². The molecular weight excluding hydrogens is 574 g/mol. The molecule has 4 nitrogen and oxygen atoms in total. The molecule has 7 aromatic carbocycles. The van der Waals surface area contributed by atoms with Crippen molar-refractivity contribution in [2.24, 2.45) is 0 Å². The Labute approximate surface area is 270 Å². The average molecular weight is 600 g/mol. The third kappa shape index (κ3) is 3.92. The van der Waals surface area contributed by atoms with E-state index in [0.29, 0.717) is 17.5 Å². The van der Waals surface area contributed by atoms with Crippen molar-refractivity contribution in [2.75, 3.05) is 0 Å². The first kappa shape index (κ1) is 25.9. The van der Waals surface area contributed by atoms with Gasteiger partial charge in [-0.05, 0) is 56.3 Å². The molecular formula is C43H25N3O. The van der Waals surface area contributed by atoms with Crippen LogP contribution in [-0.2, 0) is 0 Å². The second kappa shape index (κ2) is 10.1. The Balaban J connectivity index is 1.23. The summed E-state index contributed by atoms with van der Waals surface area (Å²) in [6.45, 7) is 0. The number of aromatic nitrogens is 3. The molecule has 0 spiro atoms. The second-order valence-corrected chi connectivity index (χ2v) is 11.9. The Kier molecular flexibility index (Phi) is 5.54. The average Bonchev–Trinajstić information content (AvgIpc) is 3.69. The molecule has 4 heteroatoms. The van der Waals surface area contributed by atoms with Crippen molar-refractivity contribution in [1.29, 1.82) is 0 Å². The Bertz CT molecular complexity index is 2690. The lowest BCUT2D eigenvalue weighted by atomic mass is 9.90. The van der Waals surface area contributed by atoms with Crippen molar-refractivity contribution in [1.82, 2.24) is 15.0 Å². The molecule has 2 heterocycles. The molecule has 0 fully saturated rings. The lowest BCUT2D eigenvalue weighted by Crippen LogP contribution is -2.01. The first-order valence-corrected chi connectivity index (χ1v) is 15.8. The van der Waals surface area contributed by atoms with Crippen molar-refractivity contribution in [3.8, 4) is 67.5 Å². The fourth-order valence-corrected chi connectivity index (χ4v) is 7.27.